The summed E-state index contributed by atoms with van der Waals surface area (Å²) >= 11 is 0. The Kier molecular flexibility index (Phi) is 3.80. The number of hydrogen-bond acceptors (Lipinski definition) is 5. The van der Waals surface area contributed by atoms with Crippen LogP contribution in [0.5, 0.6) is 17.2 Å². The van der Waals surface area contributed by atoms with Crippen molar-refractivity contribution < 1.29 is 14.2 Å². The first-order valence-corrected chi connectivity index (χ1v) is 8.25. The fourth-order valence-electron chi connectivity index (χ4n) is 3.46. The fourth-order valence-corrected chi connectivity index (χ4v) is 3.46. The van der Waals surface area contributed by atoms with E-state index in [9.17, 15) is 0 Å². The number of anilines is 1. The van der Waals surface area contributed by atoms with Crippen LogP contribution in [0.1, 0.15) is 30.4 Å². The van der Waals surface area contributed by atoms with Gasteiger partial charge in [-0.3, -0.25) is 15.7 Å². The Morgan fingerprint density at radius 2 is 1.96 bits per heavy atom. The third kappa shape index (κ3) is 2.50. The summed E-state index contributed by atoms with van der Waals surface area (Å²) in [6, 6.07) is 11.8. The lowest BCUT2D eigenvalue weighted by atomic mass is 9.83. The van der Waals surface area contributed by atoms with Gasteiger partial charge in [0.2, 0.25) is 6.79 Å². The molecular weight excluding hydrogens is 318 g/mol. The van der Waals surface area contributed by atoms with Crippen LogP contribution in [0.25, 0.3) is 0 Å². The number of nitrogens with zero attached hydrogens (tertiary/aromatic N) is 1. The lowest BCUT2D eigenvalue weighted by Crippen LogP contribution is -2.35. The number of amidine groups is 1. The molecule has 0 amide bonds. The summed E-state index contributed by atoms with van der Waals surface area (Å²) in [5.74, 6) is 2.52. The molecule has 2 aliphatic rings. The van der Waals surface area contributed by atoms with E-state index in [1.165, 1.54) is 6.34 Å². The molecule has 6 heteroatoms. The molecule has 6 nitrogen and oxygen atoms in total. The van der Waals surface area contributed by atoms with Crippen molar-refractivity contribution in [2.75, 3.05) is 18.3 Å². The van der Waals surface area contributed by atoms with Crippen LogP contribution in [0.4, 0.5) is 5.69 Å². The van der Waals surface area contributed by atoms with Gasteiger partial charge in [-0.25, -0.2) is 0 Å². The molecule has 0 radical (unpaired) electrons. The van der Waals surface area contributed by atoms with E-state index in [2.05, 4.69) is 0 Å². The number of fused-ring (bicyclic) bond motifs is 2. The summed E-state index contributed by atoms with van der Waals surface area (Å²) in [5, 5.41) is 16.1. The highest BCUT2D eigenvalue weighted by molar-refractivity contribution is 6.12. The smallest absolute Gasteiger partial charge is 0.231 e. The van der Waals surface area contributed by atoms with Gasteiger partial charge in [0.25, 0.3) is 0 Å². The van der Waals surface area contributed by atoms with Crippen molar-refractivity contribution >= 4 is 17.9 Å². The van der Waals surface area contributed by atoms with Gasteiger partial charge < -0.3 is 14.2 Å². The second-order valence-electron chi connectivity index (χ2n) is 5.94. The molecule has 25 heavy (non-hydrogen) atoms. The van der Waals surface area contributed by atoms with E-state index in [0.29, 0.717) is 30.4 Å². The molecular formula is C19H19N3O3. The van der Waals surface area contributed by atoms with E-state index < -0.39 is 0 Å². The summed E-state index contributed by atoms with van der Waals surface area (Å²) < 4.78 is 16.8. The molecule has 2 aromatic carbocycles. The highest BCUT2D eigenvalue weighted by Crippen LogP contribution is 2.47. The van der Waals surface area contributed by atoms with E-state index in [1.54, 1.807) is 4.90 Å². The zero-order valence-electron chi connectivity index (χ0n) is 13.9. The van der Waals surface area contributed by atoms with Crippen LogP contribution in [0.2, 0.25) is 0 Å². The average Bonchev–Trinajstić information content (AvgIpc) is 3.08. The van der Waals surface area contributed by atoms with E-state index in [0.717, 1.165) is 22.6 Å². The Labute approximate surface area is 146 Å². The number of benzene rings is 2. The zero-order chi connectivity index (χ0) is 17.4. The minimum Gasteiger partial charge on any atom is -0.494 e. The molecule has 128 valence electrons. The van der Waals surface area contributed by atoms with Gasteiger partial charge in [0.15, 0.2) is 11.5 Å². The van der Waals surface area contributed by atoms with E-state index in [1.807, 2.05) is 43.3 Å². The third-order valence-electron chi connectivity index (χ3n) is 4.57. The molecule has 0 saturated carbocycles. The van der Waals surface area contributed by atoms with Crippen molar-refractivity contribution in [3.63, 3.8) is 0 Å². The van der Waals surface area contributed by atoms with E-state index >= 15 is 0 Å². The molecule has 1 atom stereocenters. The molecule has 2 N–H and O–H groups in total. The number of para-hydroxylation sites is 1. The summed E-state index contributed by atoms with van der Waals surface area (Å²) in [4.78, 5) is 1.58. The van der Waals surface area contributed by atoms with Crippen LogP contribution in [-0.2, 0) is 0 Å². The Bertz CT molecular complexity index is 850. The monoisotopic (exact) mass is 337 g/mol. The SMILES string of the molecule is CCOc1ccccc1[C@@H]1CC(=N)N(C=N)c2cc3c(cc21)OCO3. The van der Waals surface area contributed by atoms with Gasteiger partial charge in [0.1, 0.15) is 11.6 Å². The van der Waals surface area contributed by atoms with Crippen LogP contribution in [-0.4, -0.2) is 25.6 Å². The largest absolute Gasteiger partial charge is 0.494 e. The molecule has 0 fully saturated rings. The Morgan fingerprint density at radius 3 is 2.72 bits per heavy atom. The quantitative estimate of drug-likeness (QED) is 0.658. The topological polar surface area (TPSA) is 78.6 Å². The van der Waals surface area contributed by atoms with Crippen molar-refractivity contribution in [1.29, 1.82) is 10.8 Å². The molecule has 0 aliphatic carbocycles. The number of nitrogens with one attached hydrogen (secondary N) is 2. The molecule has 4 rings (SSSR count). The summed E-state index contributed by atoms with van der Waals surface area (Å²) in [7, 11) is 0. The van der Waals surface area contributed by atoms with Gasteiger partial charge in [0, 0.05) is 24.0 Å². The van der Waals surface area contributed by atoms with Gasteiger partial charge in [-0.1, -0.05) is 18.2 Å². The number of ether oxygens (including phenoxy) is 3. The fraction of sp³-hybridized carbons (Fsp3) is 0.263. The molecule has 0 bridgehead atoms. The normalized spacial score (nSPS) is 18.0. The van der Waals surface area contributed by atoms with E-state index in [4.69, 9.17) is 25.0 Å². The number of rotatable bonds is 4. The zero-order valence-corrected chi connectivity index (χ0v) is 13.9. The molecule has 2 aliphatic heterocycles. The van der Waals surface area contributed by atoms with Gasteiger partial charge in [0.05, 0.1) is 18.6 Å². The predicted octanol–water partition coefficient (Wildman–Crippen LogP) is 3.74. The Balaban J connectivity index is 1.89. The van der Waals surface area contributed by atoms with Crippen LogP contribution in [0, 0.1) is 10.8 Å². The van der Waals surface area contributed by atoms with Crippen molar-refractivity contribution in [2.45, 2.75) is 19.3 Å². The maximum atomic E-state index is 8.39. The molecule has 0 aromatic heterocycles. The molecule has 2 heterocycles. The van der Waals surface area contributed by atoms with Gasteiger partial charge in [-0.2, -0.15) is 0 Å². The highest BCUT2D eigenvalue weighted by Gasteiger charge is 2.33. The van der Waals surface area contributed by atoms with Gasteiger partial charge in [-0.05, 0) is 24.6 Å². The summed E-state index contributed by atoms with van der Waals surface area (Å²) in [6.07, 6.45) is 1.67. The van der Waals surface area contributed by atoms with E-state index in [-0.39, 0.29) is 12.7 Å². The maximum absolute atomic E-state index is 8.39. The van der Waals surface area contributed by atoms with Crippen molar-refractivity contribution in [3.8, 4) is 17.2 Å². The average molecular weight is 337 g/mol. The second-order valence-corrected chi connectivity index (χ2v) is 5.94. The van der Waals surface area contributed by atoms with Crippen molar-refractivity contribution in [1.82, 2.24) is 0 Å². The van der Waals surface area contributed by atoms with Crippen LogP contribution in [0.15, 0.2) is 36.4 Å². The first-order chi connectivity index (χ1) is 12.2. The third-order valence-corrected chi connectivity index (χ3v) is 4.57. The van der Waals surface area contributed by atoms with Crippen LogP contribution < -0.4 is 19.1 Å². The lowest BCUT2D eigenvalue weighted by Gasteiger charge is -2.34. The second kappa shape index (κ2) is 6.12. The molecule has 0 unspecified atom stereocenters. The minimum atomic E-state index is -0.0315. The van der Waals surface area contributed by atoms with Gasteiger partial charge >= 0.3 is 0 Å². The van der Waals surface area contributed by atoms with Crippen molar-refractivity contribution in [3.05, 3.63) is 47.5 Å². The predicted molar refractivity (Wildman–Crippen MR) is 95.6 cm³/mol. The summed E-state index contributed by atoms with van der Waals surface area (Å²) in [6.45, 7) is 2.74. The maximum Gasteiger partial charge on any atom is 0.231 e. The van der Waals surface area contributed by atoms with Gasteiger partial charge in [-0.15, -0.1) is 0 Å². The Hall–Kier alpha value is -3.02. The van der Waals surface area contributed by atoms with Crippen molar-refractivity contribution in [2.24, 2.45) is 0 Å². The lowest BCUT2D eigenvalue weighted by molar-refractivity contribution is 0.174. The highest BCUT2D eigenvalue weighted by atomic mass is 16.7. The first-order valence-electron chi connectivity index (χ1n) is 8.25. The minimum absolute atomic E-state index is 0.0315. The van der Waals surface area contributed by atoms with Crippen LogP contribution in [0.3, 0.4) is 0 Å². The first kappa shape index (κ1) is 15.5. The van der Waals surface area contributed by atoms with Crippen LogP contribution >= 0.6 is 0 Å². The Morgan fingerprint density at radius 1 is 1.20 bits per heavy atom. The molecule has 0 spiro atoms. The molecule has 0 saturated heterocycles. The number of hydrogen-bond donors (Lipinski definition) is 2. The standard InChI is InChI=1S/C19H19N3O3/c1-2-23-16-6-4-3-5-12(16)13-8-19(21)22(10-20)15-9-18-17(7-14(13)15)24-11-25-18/h3-7,9-10,13,20-21H,2,8,11H2,1H3/t13-/m0/s1. The summed E-state index contributed by atoms with van der Waals surface area (Å²) in [5.41, 5.74) is 2.83. The molecule has 2 aromatic rings.